The molecule has 2 aromatic heterocycles. The molecule has 8 rings (SSSR count). The highest BCUT2D eigenvalue weighted by Gasteiger charge is 2.40. The molecule has 0 spiro atoms. The topological polar surface area (TPSA) is 115 Å². The Morgan fingerprint density at radius 1 is 0.556 bits per heavy atom. The maximum atomic E-state index is 14.1. The van der Waals surface area contributed by atoms with Crippen LogP contribution >= 0.6 is 46.4 Å². The second-order valence-electron chi connectivity index (χ2n) is 12.4. The van der Waals surface area contributed by atoms with Gasteiger partial charge in [-0.05, 0) is 86.6 Å². The van der Waals surface area contributed by atoms with Crippen LogP contribution in [0.1, 0.15) is 58.0 Å². The first-order valence-electron chi connectivity index (χ1n) is 16.4. The van der Waals surface area contributed by atoms with Crippen LogP contribution < -0.4 is 5.73 Å². The Balaban J connectivity index is 0.000000179. The van der Waals surface area contributed by atoms with Crippen molar-refractivity contribution >= 4 is 80.3 Å². The van der Waals surface area contributed by atoms with Crippen LogP contribution in [0.3, 0.4) is 0 Å². The molecule has 7 aromatic rings. The zero-order valence-corrected chi connectivity index (χ0v) is 31.3. The third-order valence-electron chi connectivity index (χ3n) is 8.75. The van der Waals surface area contributed by atoms with Crippen molar-refractivity contribution in [3.8, 4) is 22.5 Å². The van der Waals surface area contributed by atoms with Gasteiger partial charge in [-0.15, -0.1) is 0 Å². The smallest absolute Gasteiger partial charge is 0.262 e. The Kier molecular flexibility index (Phi) is 10.3. The lowest BCUT2D eigenvalue weighted by molar-refractivity contribution is 0.0592. The van der Waals surface area contributed by atoms with E-state index in [1.165, 1.54) is 36.4 Å². The number of aromatic nitrogens is 4. The first kappa shape index (κ1) is 37.2. The van der Waals surface area contributed by atoms with Gasteiger partial charge in [-0.1, -0.05) is 70.7 Å². The number of rotatable bonds is 5. The van der Waals surface area contributed by atoms with Crippen LogP contribution in [-0.2, 0) is 0 Å². The van der Waals surface area contributed by atoms with Crippen molar-refractivity contribution in [2.45, 2.75) is 25.9 Å². The van der Waals surface area contributed by atoms with Crippen molar-refractivity contribution < 1.29 is 18.4 Å². The zero-order valence-electron chi connectivity index (χ0n) is 28.3. The summed E-state index contributed by atoms with van der Waals surface area (Å²) >= 11 is 25.1. The average Bonchev–Trinajstić information content (AvgIpc) is 3.41. The van der Waals surface area contributed by atoms with Crippen molar-refractivity contribution in [1.29, 1.82) is 0 Å². The van der Waals surface area contributed by atoms with E-state index in [4.69, 9.17) is 52.1 Å². The highest BCUT2D eigenvalue weighted by atomic mass is 35.5. The van der Waals surface area contributed by atoms with Crippen LogP contribution in [0.15, 0.2) is 97.1 Å². The van der Waals surface area contributed by atoms with Crippen molar-refractivity contribution in [3.05, 3.63) is 151 Å². The van der Waals surface area contributed by atoms with Crippen LogP contribution in [0, 0.1) is 11.6 Å². The summed E-state index contributed by atoms with van der Waals surface area (Å²) in [4.78, 5) is 45.7. The fourth-order valence-electron chi connectivity index (χ4n) is 6.16. The van der Waals surface area contributed by atoms with E-state index >= 15 is 0 Å². The summed E-state index contributed by atoms with van der Waals surface area (Å²) in [5.74, 6) is -1.77. The Bertz CT molecular complexity index is 2620. The molecule has 1 aliphatic heterocycles. The summed E-state index contributed by atoms with van der Waals surface area (Å²) < 4.78 is 27.7. The number of fused-ring (bicyclic) bond motifs is 3. The molecule has 2 unspecified atom stereocenters. The monoisotopic (exact) mass is 800 g/mol. The van der Waals surface area contributed by atoms with E-state index in [0.29, 0.717) is 76.5 Å². The number of benzene rings is 5. The molecule has 3 heterocycles. The van der Waals surface area contributed by atoms with Gasteiger partial charge in [-0.2, -0.15) is 0 Å². The zero-order chi connectivity index (χ0) is 38.4. The Hall–Kier alpha value is -5.10. The van der Waals surface area contributed by atoms with E-state index < -0.39 is 29.5 Å². The number of hydrogen-bond acceptors (Lipinski definition) is 7. The standard InChI is InChI=1S/C24H14Cl2FN3O2.C16H12Cl2FN3/c1-12(30-23(31)14-5-2-3-6-15(14)24(30)32)20-21(16-11-13(27)9-10-17(16)25)29-22-18(26)7-4-8-19(22)28-20;1-8(20)14-15(10-7-9(19)5-6-11(10)17)22-16-12(18)3-2-4-13(16)21-14/h2-12H,1H3;2-8H,20H2,1H3. The molecule has 0 fully saturated rings. The fourth-order valence-corrected chi connectivity index (χ4v) is 7.00. The number of carbonyl (C=O) groups excluding carboxylic acids is 2. The molecule has 0 aliphatic carbocycles. The summed E-state index contributed by atoms with van der Waals surface area (Å²) in [7, 11) is 0. The maximum Gasteiger partial charge on any atom is 0.262 e. The molecule has 2 N–H and O–H groups in total. The molecule has 270 valence electrons. The molecule has 0 saturated carbocycles. The highest BCUT2D eigenvalue weighted by molar-refractivity contribution is 6.36. The lowest BCUT2D eigenvalue weighted by Crippen LogP contribution is -2.33. The Morgan fingerprint density at radius 3 is 1.46 bits per heavy atom. The number of amides is 2. The minimum atomic E-state index is -0.799. The minimum Gasteiger partial charge on any atom is -0.323 e. The molecule has 0 radical (unpaired) electrons. The molecule has 8 nitrogen and oxygen atoms in total. The van der Waals surface area contributed by atoms with Gasteiger partial charge >= 0.3 is 0 Å². The van der Waals surface area contributed by atoms with E-state index in [9.17, 15) is 18.4 Å². The summed E-state index contributed by atoms with van der Waals surface area (Å²) in [5.41, 5.74) is 11.0. The molecule has 0 bridgehead atoms. The molecular weight excluding hydrogens is 776 g/mol. The summed E-state index contributed by atoms with van der Waals surface area (Å²) in [5, 5.41) is 1.46. The average molecular weight is 802 g/mol. The first-order chi connectivity index (χ1) is 25.8. The molecular formula is C40H26Cl4F2N6O2. The van der Waals surface area contributed by atoms with Crippen molar-refractivity contribution in [3.63, 3.8) is 0 Å². The quantitative estimate of drug-likeness (QED) is 0.172. The summed E-state index contributed by atoms with van der Waals surface area (Å²) in [6.07, 6.45) is 0. The second kappa shape index (κ2) is 15.0. The van der Waals surface area contributed by atoms with E-state index in [-0.39, 0.29) is 16.8 Å². The minimum absolute atomic E-state index is 0.249. The van der Waals surface area contributed by atoms with Crippen LogP contribution in [0.5, 0.6) is 0 Å². The van der Waals surface area contributed by atoms with Gasteiger partial charge in [0.05, 0.1) is 71.1 Å². The normalized spacial score (nSPS) is 13.5. The summed E-state index contributed by atoms with van der Waals surface area (Å²) in [6, 6.07) is 23.9. The van der Waals surface area contributed by atoms with Gasteiger partial charge in [0, 0.05) is 17.2 Å². The summed E-state index contributed by atoms with van der Waals surface area (Å²) in [6.45, 7) is 3.47. The highest BCUT2D eigenvalue weighted by Crippen LogP contribution is 2.39. The van der Waals surface area contributed by atoms with Crippen molar-refractivity contribution in [2.24, 2.45) is 5.73 Å². The maximum absolute atomic E-state index is 14.1. The first-order valence-corrected chi connectivity index (χ1v) is 17.9. The SMILES string of the molecule is CC(N)c1nc2cccc(Cl)c2nc1-c1cc(F)ccc1Cl.CC(c1nc2cccc(Cl)c2nc1-c1cc(F)ccc1Cl)N1C(=O)c2ccccc2C1=O. The van der Waals surface area contributed by atoms with Crippen molar-refractivity contribution in [1.82, 2.24) is 24.8 Å². The van der Waals surface area contributed by atoms with Gasteiger partial charge in [-0.3, -0.25) is 14.5 Å². The number of imide groups is 1. The van der Waals surface area contributed by atoms with E-state index in [1.54, 1.807) is 74.5 Å². The molecule has 1 aliphatic rings. The van der Waals surface area contributed by atoms with Gasteiger partial charge in [0.1, 0.15) is 22.7 Å². The number of halogens is 6. The van der Waals surface area contributed by atoms with Crippen molar-refractivity contribution in [2.75, 3.05) is 0 Å². The molecule has 0 saturated heterocycles. The number of para-hydroxylation sites is 2. The number of nitrogens with two attached hydrogens (primary N) is 1. The largest absolute Gasteiger partial charge is 0.323 e. The molecule has 54 heavy (non-hydrogen) atoms. The van der Waals surface area contributed by atoms with Crippen LogP contribution in [0.4, 0.5) is 8.78 Å². The van der Waals surface area contributed by atoms with Crippen LogP contribution in [-0.4, -0.2) is 36.7 Å². The Morgan fingerprint density at radius 2 is 1.00 bits per heavy atom. The predicted molar refractivity (Wildman–Crippen MR) is 208 cm³/mol. The predicted octanol–water partition coefficient (Wildman–Crippen LogP) is 10.9. The third kappa shape index (κ3) is 6.87. The van der Waals surface area contributed by atoms with E-state index in [1.807, 2.05) is 0 Å². The lowest BCUT2D eigenvalue weighted by Gasteiger charge is -2.24. The van der Waals surface area contributed by atoms with Gasteiger partial charge in [0.25, 0.3) is 11.8 Å². The number of carbonyl (C=O) groups is 2. The fraction of sp³-hybridized carbons (Fsp3) is 0.100. The van der Waals surface area contributed by atoms with Crippen LogP contribution in [0.2, 0.25) is 20.1 Å². The lowest BCUT2D eigenvalue weighted by atomic mass is 10.0. The van der Waals surface area contributed by atoms with Gasteiger partial charge in [-0.25, -0.2) is 28.7 Å². The van der Waals surface area contributed by atoms with Gasteiger partial charge in [0.15, 0.2) is 0 Å². The Labute approximate surface area is 327 Å². The third-order valence-corrected chi connectivity index (χ3v) is 10.0. The van der Waals surface area contributed by atoms with Gasteiger partial charge in [0.2, 0.25) is 0 Å². The molecule has 2 atom stereocenters. The van der Waals surface area contributed by atoms with Gasteiger partial charge < -0.3 is 5.73 Å². The number of nitrogens with zero attached hydrogens (tertiary/aromatic N) is 5. The van der Waals surface area contributed by atoms with E-state index in [2.05, 4.69) is 19.9 Å². The molecule has 5 aromatic carbocycles. The number of hydrogen-bond donors (Lipinski definition) is 1. The molecule has 14 heteroatoms. The van der Waals surface area contributed by atoms with Crippen LogP contribution in [0.25, 0.3) is 44.6 Å². The van der Waals surface area contributed by atoms with E-state index in [0.717, 1.165) is 4.90 Å². The molecule has 2 amide bonds. The second-order valence-corrected chi connectivity index (χ2v) is 14.0.